The number of amides is 1. The van der Waals surface area contributed by atoms with Crippen LogP contribution in [-0.2, 0) is 6.61 Å². The van der Waals surface area contributed by atoms with Crippen LogP contribution in [0.4, 0.5) is 5.69 Å². The fourth-order valence-electron chi connectivity index (χ4n) is 5.13. The van der Waals surface area contributed by atoms with Gasteiger partial charge in [-0.2, -0.15) is 0 Å². The maximum Gasteiger partial charge on any atom is 0.253 e. The van der Waals surface area contributed by atoms with Crippen LogP contribution < -0.4 is 15.4 Å². The molecule has 3 aromatic rings. The zero-order chi connectivity index (χ0) is 23.7. The van der Waals surface area contributed by atoms with Gasteiger partial charge in [0.15, 0.2) is 0 Å². The fraction of sp³-hybridized carbons (Fsp3) is 0.300. The summed E-state index contributed by atoms with van der Waals surface area (Å²) in [5.74, 6) is 1.47. The van der Waals surface area contributed by atoms with Crippen molar-refractivity contribution in [1.82, 2.24) is 5.32 Å². The summed E-state index contributed by atoms with van der Waals surface area (Å²) in [6, 6.07) is 24.6. The Labute approximate surface area is 202 Å². The second-order valence-electron chi connectivity index (χ2n) is 10.3. The first kappa shape index (κ1) is 22.3. The molecule has 0 bridgehead atoms. The molecule has 2 aliphatic rings. The van der Waals surface area contributed by atoms with E-state index in [1.165, 1.54) is 5.56 Å². The number of anilines is 1. The highest BCUT2D eigenvalue weighted by atomic mass is 16.5. The van der Waals surface area contributed by atoms with Gasteiger partial charge in [0.25, 0.3) is 5.91 Å². The zero-order valence-corrected chi connectivity index (χ0v) is 20.0. The number of hydrogen-bond acceptors (Lipinski definition) is 3. The summed E-state index contributed by atoms with van der Waals surface area (Å²) in [4.78, 5) is 13.2. The van der Waals surface area contributed by atoms with E-state index in [-0.39, 0.29) is 23.4 Å². The van der Waals surface area contributed by atoms with Crippen molar-refractivity contribution in [3.05, 3.63) is 107 Å². The van der Waals surface area contributed by atoms with Crippen molar-refractivity contribution in [1.29, 1.82) is 0 Å². The van der Waals surface area contributed by atoms with Crippen molar-refractivity contribution >= 4 is 11.6 Å². The number of fused-ring (bicyclic) bond motifs is 3. The van der Waals surface area contributed by atoms with Gasteiger partial charge in [0.1, 0.15) is 12.4 Å². The summed E-state index contributed by atoms with van der Waals surface area (Å²) in [6.07, 6.45) is 5.57. The summed E-state index contributed by atoms with van der Waals surface area (Å²) >= 11 is 0. The highest BCUT2D eigenvalue weighted by Crippen LogP contribution is 2.52. The van der Waals surface area contributed by atoms with Gasteiger partial charge in [0.05, 0.1) is 17.3 Å². The number of benzene rings is 3. The molecule has 0 spiro atoms. The lowest BCUT2D eigenvalue weighted by Crippen LogP contribution is -2.41. The van der Waals surface area contributed by atoms with Crippen LogP contribution in [0.25, 0.3) is 0 Å². The molecule has 4 heteroatoms. The van der Waals surface area contributed by atoms with E-state index in [9.17, 15) is 4.79 Å². The highest BCUT2D eigenvalue weighted by molar-refractivity contribution is 6.01. The van der Waals surface area contributed by atoms with Crippen LogP contribution in [0.5, 0.6) is 5.75 Å². The zero-order valence-electron chi connectivity index (χ0n) is 20.0. The highest BCUT2D eigenvalue weighted by Gasteiger charge is 2.40. The second-order valence-corrected chi connectivity index (χ2v) is 10.3. The molecule has 1 aliphatic heterocycles. The van der Waals surface area contributed by atoms with Crippen molar-refractivity contribution in [3.8, 4) is 5.75 Å². The number of rotatable bonds is 5. The maximum absolute atomic E-state index is 13.2. The molecule has 0 fully saturated rings. The van der Waals surface area contributed by atoms with Crippen LogP contribution in [0.1, 0.15) is 66.2 Å². The van der Waals surface area contributed by atoms with Crippen LogP contribution in [0, 0.1) is 5.92 Å². The monoisotopic (exact) mass is 452 g/mol. The smallest absolute Gasteiger partial charge is 0.253 e. The first-order valence-electron chi connectivity index (χ1n) is 12.0. The van der Waals surface area contributed by atoms with Crippen molar-refractivity contribution in [3.63, 3.8) is 0 Å². The lowest BCUT2D eigenvalue weighted by atomic mass is 9.76. The average molecular weight is 453 g/mol. The summed E-state index contributed by atoms with van der Waals surface area (Å²) in [6.45, 7) is 6.54. The van der Waals surface area contributed by atoms with Gasteiger partial charge in [-0.3, -0.25) is 4.79 Å². The summed E-state index contributed by atoms with van der Waals surface area (Å²) in [5.41, 5.74) is 4.79. The van der Waals surface area contributed by atoms with E-state index < -0.39 is 0 Å². The number of allylic oxidation sites excluding steroid dienone is 2. The number of nitrogens with one attached hydrogen (secondary N) is 2. The molecule has 34 heavy (non-hydrogen) atoms. The van der Waals surface area contributed by atoms with E-state index >= 15 is 0 Å². The van der Waals surface area contributed by atoms with E-state index in [1.807, 2.05) is 63.2 Å². The van der Waals surface area contributed by atoms with Crippen LogP contribution in [0.15, 0.2) is 84.9 Å². The topological polar surface area (TPSA) is 50.4 Å². The minimum absolute atomic E-state index is 0.0445. The molecular formula is C30H32N2O2. The Balaban J connectivity index is 1.50. The van der Waals surface area contributed by atoms with Gasteiger partial charge < -0.3 is 15.4 Å². The van der Waals surface area contributed by atoms with Crippen LogP contribution in [0.3, 0.4) is 0 Å². The first-order chi connectivity index (χ1) is 16.4. The number of ether oxygens (including phenoxy) is 1. The molecule has 1 amide bonds. The third-order valence-electron chi connectivity index (χ3n) is 6.62. The van der Waals surface area contributed by atoms with Gasteiger partial charge >= 0.3 is 0 Å². The Morgan fingerprint density at radius 3 is 2.50 bits per heavy atom. The summed E-state index contributed by atoms with van der Waals surface area (Å²) in [5, 5.41) is 6.91. The largest absolute Gasteiger partial charge is 0.489 e. The quantitative estimate of drug-likeness (QED) is 0.428. The van der Waals surface area contributed by atoms with Crippen LogP contribution >= 0.6 is 0 Å². The van der Waals surface area contributed by atoms with Gasteiger partial charge in [-0.1, -0.05) is 72.8 Å². The Bertz CT molecular complexity index is 1210. The second kappa shape index (κ2) is 9.02. The van der Waals surface area contributed by atoms with Crippen molar-refractivity contribution in [2.45, 2.75) is 51.3 Å². The maximum atomic E-state index is 13.2. The Morgan fingerprint density at radius 1 is 0.971 bits per heavy atom. The van der Waals surface area contributed by atoms with Gasteiger partial charge in [-0.15, -0.1) is 0 Å². The molecule has 174 valence electrons. The predicted molar refractivity (Wildman–Crippen MR) is 137 cm³/mol. The minimum atomic E-state index is -0.304. The van der Waals surface area contributed by atoms with Crippen LogP contribution in [0.2, 0.25) is 0 Å². The standard InChI is InChI=1S/C30H32N2O2/c1-30(2,3)32-29(33)25-17-10-16-23-21-14-9-15-22(21)27(31-28(23)25)24-13-7-8-18-26(24)34-19-20-11-5-4-6-12-20/h4-14,16-18,21-22,27,31H,15,19H2,1-3H3,(H,32,33). The van der Waals surface area contributed by atoms with Gasteiger partial charge in [0.2, 0.25) is 0 Å². The van der Waals surface area contributed by atoms with E-state index in [0.717, 1.165) is 29.0 Å². The molecule has 1 heterocycles. The van der Waals surface area contributed by atoms with Crippen molar-refractivity contribution in [2.75, 3.05) is 5.32 Å². The van der Waals surface area contributed by atoms with E-state index in [0.29, 0.717) is 18.1 Å². The normalized spacial score (nSPS) is 20.7. The molecule has 3 aromatic carbocycles. The molecule has 3 unspecified atom stereocenters. The lowest BCUT2D eigenvalue weighted by molar-refractivity contribution is 0.0920. The van der Waals surface area contributed by atoms with Crippen LogP contribution in [-0.4, -0.2) is 11.4 Å². The molecule has 0 saturated heterocycles. The lowest BCUT2D eigenvalue weighted by Gasteiger charge is -2.39. The summed E-state index contributed by atoms with van der Waals surface area (Å²) in [7, 11) is 0. The van der Waals surface area contributed by atoms with E-state index in [1.54, 1.807) is 0 Å². The van der Waals surface area contributed by atoms with E-state index in [4.69, 9.17) is 4.74 Å². The summed E-state index contributed by atoms with van der Waals surface area (Å²) < 4.78 is 6.32. The number of hydrogen-bond donors (Lipinski definition) is 2. The molecular weight excluding hydrogens is 420 g/mol. The molecule has 3 atom stereocenters. The third kappa shape index (κ3) is 4.45. The van der Waals surface area contributed by atoms with Crippen molar-refractivity contribution < 1.29 is 9.53 Å². The van der Waals surface area contributed by atoms with Gasteiger partial charge in [-0.05, 0) is 56.4 Å². The molecule has 0 saturated carbocycles. The SMILES string of the molecule is CC(C)(C)NC(=O)c1cccc2c1NC(c1ccccc1OCc1ccccc1)C1CC=CC21. The molecule has 5 rings (SSSR count). The average Bonchev–Trinajstić information content (AvgIpc) is 3.32. The fourth-order valence-corrected chi connectivity index (χ4v) is 5.13. The molecule has 2 N–H and O–H groups in total. The molecule has 4 nitrogen and oxygen atoms in total. The third-order valence-corrected chi connectivity index (χ3v) is 6.62. The van der Waals surface area contributed by atoms with Crippen molar-refractivity contribution in [2.24, 2.45) is 5.92 Å². The molecule has 0 aromatic heterocycles. The Kier molecular flexibility index (Phi) is 5.91. The Morgan fingerprint density at radius 2 is 1.71 bits per heavy atom. The van der Waals surface area contributed by atoms with Gasteiger partial charge in [-0.25, -0.2) is 0 Å². The number of para-hydroxylation sites is 2. The first-order valence-corrected chi connectivity index (χ1v) is 12.0. The van der Waals surface area contributed by atoms with E-state index in [2.05, 4.69) is 53.1 Å². The Hall–Kier alpha value is -3.53. The number of carbonyl (C=O) groups excluding carboxylic acids is 1. The predicted octanol–water partition coefficient (Wildman–Crippen LogP) is 6.62. The minimum Gasteiger partial charge on any atom is -0.489 e. The molecule has 1 aliphatic carbocycles. The van der Waals surface area contributed by atoms with Gasteiger partial charge in [0, 0.05) is 17.0 Å². The molecule has 0 radical (unpaired) electrons. The number of carbonyl (C=O) groups is 1.